The molecule has 0 spiro atoms. The lowest BCUT2D eigenvalue weighted by Gasteiger charge is -2.36. The Morgan fingerprint density at radius 1 is 1.48 bits per heavy atom. The van der Waals surface area contributed by atoms with Gasteiger partial charge in [0.15, 0.2) is 6.23 Å². The topological polar surface area (TPSA) is 84.3 Å². The Morgan fingerprint density at radius 2 is 2.10 bits per heavy atom. The van der Waals surface area contributed by atoms with Crippen LogP contribution >= 0.6 is 0 Å². The molecule has 2 heterocycles. The van der Waals surface area contributed by atoms with Gasteiger partial charge in [0, 0.05) is 17.7 Å². The summed E-state index contributed by atoms with van der Waals surface area (Å²) in [6.07, 6.45) is 0.630. The fourth-order valence-corrected chi connectivity index (χ4v) is 3.41. The summed E-state index contributed by atoms with van der Waals surface area (Å²) in [7, 11) is 0. The van der Waals surface area contributed by atoms with Gasteiger partial charge in [-0.1, -0.05) is 27.7 Å². The fraction of sp³-hybridized carbons (Fsp3) is 0.733. The maximum absolute atomic E-state index is 12.0. The van der Waals surface area contributed by atoms with Gasteiger partial charge in [-0.3, -0.25) is 14.3 Å². The number of aromatic nitrogens is 2. The minimum Gasteiger partial charge on any atom is -0.388 e. The normalized spacial score (nSPS) is 32.8. The second-order valence-electron chi connectivity index (χ2n) is 6.23. The Labute approximate surface area is 123 Å². The van der Waals surface area contributed by atoms with Crippen molar-refractivity contribution < 1.29 is 9.84 Å². The summed E-state index contributed by atoms with van der Waals surface area (Å²) in [6, 6.07) is 0. The number of hydrogen-bond acceptors (Lipinski definition) is 4. The van der Waals surface area contributed by atoms with E-state index >= 15 is 0 Å². The van der Waals surface area contributed by atoms with Gasteiger partial charge in [0.1, 0.15) is 6.10 Å². The number of rotatable bonds is 3. The van der Waals surface area contributed by atoms with Gasteiger partial charge >= 0.3 is 5.69 Å². The molecule has 0 aliphatic carbocycles. The van der Waals surface area contributed by atoms with Crippen LogP contribution in [0, 0.1) is 18.8 Å². The van der Waals surface area contributed by atoms with Crippen molar-refractivity contribution in [3.8, 4) is 0 Å². The molecule has 1 aliphatic rings. The lowest BCUT2D eigenvalue weighted by molar-refractivity contribution is -0.119. The maximum Gasteiger partial charge on any atom is 0.330 e. The van der Waals surface area contributed by atoms with Crippen molar-refractivity contribution >= 4 is 0 Å². The SMILES string of the molecule is CC[C@]1(C(C)C)O[C@@H](n2cc(C)c(=O)[nH]c2=O)[C@H](O)[C@@H]1C. The zero-order valence-electron chi connectivity index (χ0n) is 13.2. The molecule has 1 saturated heterocycles. The first kappa shape index (κ1) is 16.0. The minimum absolute atomic E-state index is 0.105. The van der Waals surface area contributed by atoms with Crippen LogP contribution in [0.5, 0.6) is 0 Å². The quantitative estimate of drug-likeness (QED) is 0.877. The molecule has 0 radical (unpaired) electrons. The van der Waals surface area contributed by atoms with Crippen LogP contribution in [0.2, 0.25) is 0 Å². The van der Waals surface area contributed by atoms with Gasteiger partial charge in [0.05, 0.1) is 5.60 Å². The van der Waals surface area contributed by atoms with Crippen LogP contribution in [-0.2, 0) is 4.74 Å². The molecule has 1 fully saturated rings. The molecule has 0 amide bonds. The third-order valence-corrected chi connectivity index (χ3v) is 4.87. The number of ether oxygens (including phenoxy) is 1. The van der Waals surface area contributed by atoms with Crippen LogP contribution in [0.15, 0.2) is 15.8 Å². The molecule has 0 aromatic carbocycles. The highest BCUT2D eigenvalue weighted by Gasteiger charge is 2.53. The molecule has 1 aromatic rings. The molecule has 0 bridgehead atoms. The average Bonchev–Trinajstić information content (AvgIpc) is 2.68. The van der Waals surface area contributed by atoms with Gasteiger partial charge in [-0.2, -0.15) is 0 Å². The van der Waals surface area contributed by atoms with Crippen molar-refractivity contribution in [3.63, 3.8) is 0 Å². The number of aromatic amines is 1. The monoisotopic (exact) mass is 296 g/mol. The fourth-order valence-electron chi connectivity index (χ4n) is 3.41. The van der Waals surface area contributed by atoms with E-state index in [2.05, 4.69) is 18.8 Å². The summed E-state index contributed by atoms with van der Waals surface area (Å²) in [4.78, 5) is 25.7. The number of aliphatic hydroxyl groups is 1. The van der Waals surface area contributed by atoms with E-state index in [-0.39, 0.29) is 11.8 Å². The largest absolute Gasteiger partial charge is 0.388 e. The van der Waals surface area contributed by atoms with Gasteiger partial charge < -0.3 is 9.84 Å². The van der Waals surface area contributed by atoms with Gasteiger partial charge in [-0.15, -0.1) is 0 Å². The van der Waals surface area contributed by atoms with E-state index in [1.165, 1.54) is 10.8 Å². The van der Waals surface area contributed by atoms with E-state index in [0.717, 1.165) is 6.42 Å². The Morgan fingerprint density at radius 3 is 2.57 bits per heavy atom. The van der Waals surface area contributed by atoms with Crippen molar-refractivity contribution in [2.45, 2.75) is 59.0 Å². The Bertz CT molecular complexity index is 633. The third-order valence-electron chi connectivity index (χ3n) is 4.87. The first-order valence-electron chi connectivity index (χ1n) is 7.42. The van der Waals surface area contributed by atoms with Crippen LogP contribution in [0.1, 0.15) is 45.9 Å². The van der Waals surface area contributed by atoms with Crippen LogP contribution in [0.3, 0.4) is 0 Å². The van der Waals surface area contributed by atoms with Gasteiger partial charge in [-0.25, -0.2) is 4.79 Å². The molecule has 6 nitrogen and oxygen atoms in total. The number of nitrogens with zero attached hydrogens (tertiary/aromatic N) is 1. The van der Waals surface area contributed by atoms with Crippen LogP contribution in [0.25, 0.3) is 0 Å². The predicted molar refractivity (Wildman–Crippen MR) is 79.2 cm³/mol. The number of aliphatic hydroxyl groups excluding tert-OH is 1. The summed E-state index contributed by atoms with van der Waals surface area (Å²) in [5, 5.41) is 10.5. The van der Waals surface area contributed by atoms with E-state index in [9.17, 15) is 14.7 Å². The zero-order chi connectivity index (χ0) is 15.9. The maximum atomic E-state index is 12.0. The molecule has 0 saturated carbocycles. The molecule has 2 rings (SSSR count). The molecular formula is C15H24N2O4. The third kappa shape index (κ3) is 2.36. The minimum atomic E-state index is -0.796. The Hall–Kier alpha value is -1.40. The molecule has 1 aliphatic heterocycles. The van der Waals surface area contributed by atoms with Crippen molar-refractivity contribution in [1.82, 2.24) is 9.55 Å². The molecule has 118 valence electrons. The molecule has 2 N–H and O–H groups in total. The first-order chi connectivity index (χ1) is 9.74. The van der Waals surface area contributed by atoms with Crippen LogP contribution < -0.4 is 11.2 Å². The van der Waals surface area contributed by atoms with Gasteiger partial charge in [0.2, 0.25) is 0 Å². The number of hydrogen-bond donors (Lipinski definition) is 2. The van der Waals surface area contributed by atoms with Crippen molar-refractivity contribution in [2.75, 3.05) is 0 Å². The van der Waals surface area contributed by atoms with Crippen LogP contribution in [-0.4, -0.2) is 26.4 Å². The molecule has 6 heteroatoms. The van der Waals surface area contributed by atoms with Crippen LogP contribution in [0.4, 0.5) is 0 Å². The second-order valence-corrected chi connectivity index (χ2v) is 6.23. The summed E-state index contributed by atoms with van der Waals surface area (Å²) in [6.45, 7) is 9.69. The Balaban J connectivity index is 2.50. The number of H-pyrrole nitrogens is 1. The van der Waals surface area contributed by atoms with Crippen molar-refractivity contribution in [2.24, 2.45) is 11.8 Å². The molecule has 0 unspecified atom stereocenters. The number of nitrogens with one attached hydrogen (secondary N) is 1. The molecule has 1 aromatic heterocycles. The lowest BCUT2D eigenvalue weighted by atomic mass is 9.77. The van der Waals surface area contributed by atoms with Gasteiger partial charge in [0.25, 0.3) is 5.56 Å². The van der Waals surface area contributed by atoms with Gasteiger partial charge in [-0.05, 0) is 19.3 Å². The standard InChI is InChI=1S/C15H24N2O4/c1-6-15(8(2)3)10(5)11(18)13(21-15)17-7-9(4)12(19)16-14(17)20/h7-8,10-11,13,18H,6H2,1-5H3,(H,16,19,20)/t10-,11+,13+,15+/m0/s1. The van der Waals surface area contributed by atoms with Crippen molar-refractivity contribution in [3.05, 3.63) is 32.6 Å². The summed E-state index contributed by atoms with van der Waals surface area (Å²) >= 11 is 0. The second kappa shape index (κ2) is 5.42. The van der Waals surface area contributed by atoms with E-state index < -0.39 is 29.2 Å². The summed E-state index contributed by atoms with van der Waals surface area (Å²) < 4.78 is 7.43. The average molecular weight is 296 g/mol. The summed E-state index contributed by atoms with van der Waals surface area (Å²) in [5.74, 6) is 0.100. The smallest absolute Gasteiger partial charge is 0.330 e. The lowest BCUT2D eigenvalue weighted by Crippen LogP contribution is -2.41. The van der Waals surface area contributed by atoms with E-state index in [1.807, 2.05) is 13.8 Å². The molecule has 4 atom stereocenters. The van der Waals surface area contributed by atoms with E-state index in [0.29, 0.717) is 5.56 Å². The van der Waals surface area contributed by atoms with E-state index in [1.54, 1.807) is 6.92 Å². The summed E-state index contributed by atoms with van der Waals surface area (Å²) in [5.41, 5.74) is -1.04. The molecular weight excluding hydrogens is 272 g/mol. The highest BCUT2D eigenvalue weighted by molar-refractivity contribution is 5.05. The predicted octanol–water partition coefficient (Wildman–Crippen LogP) is 1.18. The first-order valence-corrected chi connectivity index (χ1v) is 7.42. The zero-order valence-corrected chi connectivity index (χ0v) is 13.2. The van der Waals surface area contributed by atoms with E-state index in [4.69, 9.17) is 4.74 Å². The number of aryl methyl sites for hydroxylation is 1. The molecule has 21 heavy (non-hydrogen) atoms. The Kier molecular flexibility index (Phi) is 4.13. The van der Waals surface area contributed by atoms with Crippen molar-refractivity contribution in [1.29, 1.82) is 0 Å². The highest BCUT2D eigenvalue weighted by Crippen LogP contribution is 2.47. The highest BCUT2D eigenvalue weighted by atomic mass is 16.6.